The summed E-state index contributed by atoms with van der Waals surface area (Å²) in [5.74, 6) is -2.05. The zero-order valence-electron chi connectivity index (χ0n) is 19.4. The third kappa shape index (κ3) is 4.07. The zero-order chi connectivity index (χ0) is 25.7. The van der Waals surface area contributed by atoms with Crippen molar-refractivity contribution in [3.63, 3.8) is 0 Å². The third-order valence-electron chi connectivity index (χ3n) is 6.56. The Kier molecular flexibility index (Phi) is 5.92. The molecular weight excluding hydrogens is 486 g/mol. The summed E-state index contributed by atoms with van der Waals surface area (Å²) >= 11 is 6.58. The highest BCUT2D eigenvalue weighted by Crippen LogP contribution is 2.55. The number of primary amides is 1. The summed E-state index contributed by atoms with van der Waals surface area (Å²) in [6, 6.07) is 9.20. The normalized spacial score (nSPS) is 16.7. The quantitative estimate of drug-likeness (QED) is 0.402. The van der Waals surface area contributed by atoms with E-state index in [0.717, 1.165) is 18.2 Å². The molecule has 2 N–H and O–H groups in total. The molecule has 6 nitrogen and oxygen atoms in total. The van der Waals surface area contributed by atoms with Crippen molar-refractivity contribution in [2.75, 3.05) is 0 Å². The second-order valence-corrected chi connectivity index (χ2v) is 9.35. The molecule has 9 heteroatoms. The van der Waals surface area contributed by atoms with Crippen molar-refractivity contribution in [3.8, 4) is 16.9 Å². The monoisotopic (exact) mass is 506 g/mol. The number of halogens is 3. The maximum atomic E-state index is 15.0. The maximum Gasteiger partial charge on any atom is 0.274 e. The van der Waals surface area contributed by atoms with Gasteiger partial charge in [-0.2, -0.15) is 0 Å². The average Bonchev–Trinajstić information content (AvgIpc) is 3.63. The van der Waals surface area contributed by atoms with Crippen molar-refractivity contribution >= 4 is 17.5 Å². The minimum Gasteiger partial charge on any atom is -0.366 e. The number of benzene rings is 1. The van der Waals surface area contributed by atoms with Gasteiger partial charge >= 0.3 is 0 Å². The molecule has 1 aromatic carbocycles. The van der Waals surface area contributed by atoms with E-state index in [-0.39, 0.29) is 33.7 Å². The summed E-state index contributed by atoms with van der Waals surface area (Å²) < 4.78 is 30.0. The molecule has 0 bridgehead atoms. The van der Waals surface area contributed by atoms with Crippen LogP contribution in [0.25, 0.3) is 16.9 Å². The Morgan fingerprint density at radius 2 is 1.89 bits per heavy atom. The van der Waals surface area contributed by atoms with E-state index >= 15 is 0 Å². The number of rotatable bonds is 5. The van der Waals surface area contributed by atoms with Gasteiger partial charge in [0.2, 0.25) is 0 Å². The predicted molar refractivity (Wildman–Crippen MR) is 133 cm³/mol. The highest BCUT2D eigenvalue weighted by Gasteiger charge is 2.42. The van der Waals surface area contributed by atoms with Crippen LogP contribution >= 0.6 is 11.6 Å². The highest BCUT2D eigenvalue weighted by atomic mass is 35.5. The van der Waals surface area contributed by atoms with Crippen LogP contribution in [-0.4, -0.2) is 20.4 Å². The number of amides is 1. The van der Waals surface area contributed by atoms with Gasteiger partial charge in [0.25, 0.3) is 11.5 Å². The molecule has 0 saturated heterocycles. The van der Waals surface area contributed by atoms with E-state index in [1.165, 1.54) is 35.0 Å². The van der Waals surface area contributed by atoms with Gasteiger partial charge < -0.3 is 5.73 Å². The summed E-state index contributed by atoms with van der Waals surface area (Å²) in [6.07, 6.45) is 5.05. The van der Waals surface area contributed by atoms with Crippen LogP contribution in [0.5, 0.6) is 0 Å². The fourth-order valence-corrected chi connectivity index (χ4v) is 4.94. The van der Waals surface area contributed by atoms with Crippen molar-refractivity contribution in [2.45, 2.75) is 32.1 Å². The Balaban J connectivity index is 1.57. The fourth-order valence-electron chi connectivity index (χ4n) is 4.66. The van der Waals surface area contributed by atoms with E-state index in [0.29, 0.717) is 22.5 Å². The van der Waals surface area contributed by atoms with Crippen LogP contribution in [0.3, 0.4) is 0 Å². The topological polar surface area (TPSA) is 90.9 Å². The number of hydrogen-bond donors (Lipinski definition) is 1. The number of aromatic nitrogens is 3. The number of aryl methyl sites for hydroxylation is 2. The van der Waals surface area contributed by atoms with E-state index in [1.807, 2.05) is 6.07 Å². The van der Waals surface area contributed by atoms with E-state index in [2.05, 4.69) is 9.97 Å². The number of nitrogens with two attached hydrogens (primary N) is 1. The lowest BCUT2D eigenvalue weighted by Gasteiger charge is -2.17. The molecule has 4 aromatic rings. The summed E-state index contributed by atoms with van der Waals surface area (Å²) in [4.78, 5) is 33.3. The molecular formula is C27H21ClF2N4O2. The lowest BCUT2D eigenvalue weighted by atomic mass is 10.0. The molecule has 1 fully saturated rings. The van der Waals surface area contributed by atoms with Crippen molar-refractivity contribution in [1.29, 1.82) is 0 Å². The Bertz CT molecular complexity index is 1600. The number of carbonyl (C=O) groups excluding carboxylic acids is 1. The summed E-state index contributed by atoms with van der Waals surface area (Å²) in [5.41, 5.74) is 8.22. The third-order valence-corrected chi connectivity index (χ3v) is 6.94. The minimum atomic E-state index is -0.886. The summed E-state index contributed by atoms with van der Waals surface area (Å²) in [6.45, 7) is 3.57. The van der Waals surface area contributed by atoms with Crippen molar-refractivity contribution in [2.24, 2.45) is 5.73 Å². The first-order valence-corrected chi connectivity index (χ1v) is 11.6. The molecule has 0 radical (unpaired) electrons. The molecule has 1 amide bonds. The Hall–Kier alpha value is -3.91. The number of hydrogen-bond acceptors (Lipinski definition) is 4. The lowest BCUT2D eigenvalue weighted by Crippen LogP contribution is -2.23. The summed E-state index contributed by atoms with van der Waals surface area (Å²) in [5, 5.41) is 0.0807. The SMILES string of the molecule is Cc1cnc(-c2cccc(C(N)=O)c2F)cc1-n1c(C)cc([C@H]2C[C@@H]2c2cncc(F)c2)c(Cl)c1=O. The molecule has 3 heterocycles. The molecule has 1 aliphatic carbocycles. The molecule has 36 heavy (non-hydrogen) atoms. The first-order valence-electron chi connectivity index (χ1n) is 11.3. The van der Waals surface area contributed by atoms with E-state index in [4.69, 9.17) is 17.3 Å². The van der Waals surface area contributed by atoms with E-state index in [9.17, 15) is 18.4 Å². The van der Waals surface area contributed by atoms with Gasteiger partial charge in [0.15, 0.2) is 0 Å². The molecule has 3 aromatic heterocycles. The molecule has 0 spiro atoms. The van der Waals surface area contributed by atoms with Crippen LogP contribution < -0.4 is 11.3 Å². The van der Waals surface area contributed by atoms with Crippen LogP contribution in [0.2, 0.25) is 5.02 Å². The Labute approximate surface area is 210 Å². The molecule has 0 unspecified atom stereocenters. The lowest BCUT2D eigenvalue weighted by molar-refractivity contribution is 0.0996. The van der Waals surface area contributed by atoms with Gasteiger partial charge in [-0.1, -0.05) is 17.7 Å². The highest BCUT2D eigenvalue weighted by molar-refractivity contribution is 6.31. The van der Waals surface area contributed by atoms with Gasteiger partial charge in [0, 0.05) is 23.7 Å². The minimum absolute atomic E-state index is 0.0121. The van der Waals surface area contributed by atoms with Crippen LogP contribution in [0.4, 0.5) is 8.78 Å². The van der Waals surface area contributed by atoms with Gasteiger partial charge in [0.1, 0.15) is 16.7 Å². The first kappa shape index (κ1) is 23.8. The van der Waals surface area contributed by atoms with Gasteiger partial charge in [0.05, 0.1) is 23.1 Å². The predicted octanol–water partition coefficient (Wildman–Crippen LogP) is 5.21. The maximum absolute atomic E-state index is 15.0. The van der Waals surface area contributed by atoms with Gasteiger partial charge in [-0.25, -0.2) is 8.78 Å². The van der Waals surface area contributed by atoms with Crippen LogP contribution in [0, 0.1) is 25.5 Å². The number of nitrogens with zero attached hydrogens (tertiary/aromatic N) is 3. The Morgan fingerprint density at radius 3 is 2.61 bits per heavy atom. The van der Waals surface area contributed by atoms with Crippen molar-refractivity contribution in [1.82, 2.24) is 14.5 Å². The molecule has 5 rings (SSSR count). The first-order chi connectivity index (χ1) is 17.2. The smallest absolute Gasteiger partial charge is 0.274 e. The standard InChI is InChI=1S/C27H21ClF2N4O2/c1-13-10-33-22(17-4-3-5-18(25(17)30)26(31)35)9-23(13)34-14(2)6-21(24(28)27(34)36)20-8-19(20)15-7-16(29)12-32-11-15/h3-7,9-12,19-20H,8H2,1-2H3,(H2,31,35)/t19-,20+/m1/s1. The van der Waals surface area contributed by atoms with Crippen LogP contribution in [-0.2, 0) is 0 Å². The van der Waals surface area contributed by atoms with Crippen LogP contribution in [0.1, 0.15) is 51.0 Å². The molecule has 1 saturated carbocycles. The molecule has 0 aliphatic heterocycles. The zero-order valence-corrected chi connectivity index (χ0v) is 20.2. The average molecular weight is 507 g/mol. The largest absolute Gasteiger partial charge is 0.366 e. The molecule has 182 valence electrons. The van der Waals surface area contributed by atoms with E-state index < -0.39 is 23.1 Å². The van der Waals surface area contributed by atoms with E-state index in [1.54, 1.807) is 26.1 Å². The second-order valence-electron chi connectivity index (χ2n) is 8.97. The van der Waals surface area contributed by atoms with Gasteiger partial charge in [-0.3, -0.25) is 24.1 Å². The number of carbonyl (C=O) groups is 1. The summed E-state index contributed by atoms with van der Waals surface area (Å²) in [7, 11) is 0. The fraction of sp³-hybridized carbons (Fsp3) is 0.185. The van der Waals surface area contributed by atoms with Crippen molar-refractivity contribution in [3.05, 3.63) is 110 Å². The van der Waals surface area contributed by atoms with Crippen LogP contribution in [0.15, 0.2) is 59.8 Å². The van der Waals surface area contributed by atoms with Crippen molar-refractivity contribution < 1.29 is 13.6 Å². The molecule has 1 aliphatic rings. The van der Waals surface area contributed by atoms with Gasteiger partial charge in [-0.05, 0) is 79.1 Å². The van der Waals surface area contributed by atoms with Gasteiger partial charge in [-0.15, -0.1) is 0 Å². The number of pyridine rings is 3. The second kappa shape index (κ2) is 8.95. The Morgan fingerprint density at radius 1 is 1.11 bits per heavy atom. The molecule has 2 atom stereocenters.